The van der Waals surface area contributed by atoms with E-state index in [1.807, 2.05) is 0 Å². The van der Waals surface area contributed by atoms with Crippen LogP contribution in [0.15, 0.2) is 18.2 Å². The van der Waals surface area contributed by atoms with Crippen molar-refractivity contribution in [3.63, 3.8) is 0 Å². The third-order valence-electron chi connectivity index (χ3n) is 3.61. The molecule has 0 saturated carbocycles. The van der Waals surface area contributed by atoms with E-state index in [1.54, 1.807) is 26.0 Å². The van der Waals surface area contributed by atoms with E-state index >= 15 is 0 Å². The molecule has 0 aromatic heterocycles. The van der Waals surface area contributed by atoms with Crippen LogP contribution in [-0.2, 0) is 17.0 Å². The van der Waals surface area contributed by atoms with Gasteiger partial charge >= 0.3 is 0 Å². The lowest BCUT2D eigenvalue weighted by Gasteiger charge is -2.25. The van der Waals surface area contributed by atoms with Gasteiger partial charge in [0.2, 0.25) is 5.91 Å². The molecule has 1 aromatic carbocycles. The average molecular weight is 281 g/mol. The maximum atomic E-state index is 10.9. The number of hydrogen-bond donors (Lipinski definition) is 4. The molecule has 0 aliphatic heterocycles. The Hall–Kier alpha value is -1.59. The molecule has 0 saturated heterocycles. The van der Waals surface area contributed by atoms with Crippen LogP contribution in [0.2, 0.25) is 0 Å². The Morgan fingerprint density at radius 1 is 1.45 bits per heavy atom. The molecule has 0 heterocycles. The van der Waals surface area contributed by atoms with E-state index in [4.69, 9.17) is 10.8 Å². The summed E-state index contributed by atoms with van der Waals surface area (Å²) in [5, 5.41) is 29.3. The van der Waals surface area contributed by atoms with E-state index in [-0.39, 0.29) is 24.2 Å². The molecule has 0 aliphatic carbocycles. The second-order valence-electron chi connectivity index (χ2n) is 5.48. The van der Waals surface area contributed by atoms with Crippen LogP contribution in [0.3, 0.4) is 0 Å². The zero-order valence-electron chi connectivity index (χ0n) is 12.0. The van der Waals surface area contributed by atoms with Gasteiger partial charge in [-0.3, -0.25) is 4.79 Å². The molecule has 0 bridgehead atoms. The lowest BCUT2D eigenvalue weighted by molar-refractivity contribution is -0.121. The number of nitrogens with two attached hydrogens (primary N) is 1. The van der Waals surface area contributed by atoms with Gasteiger partial charge in [0.15, 0.2) is 0 Å². The van der Waals surface area contributed by atoms with Crippen molar-refractivity contribution in [1.29, 1.82) is 0 Å². The fourth-order valence-electron chi connectivity index (χ4n) is 2.16. The van der Waals surface area contributed by atoms with Gasteiger partial charge in [-0.15, -0.1) is 0 Å². The number of benzene rings is 1. The van der Waals surface area contributed by atoms with Crippen molar-refractivity contribution in [2.24, 2.45) is 11.7 Å². The monoisotopic (exact) mass is 281 g/mol. The van der Waals surface area contributed by atoms with Gasteiger partial charge in [-0.25, -0.2) is 0 Å². The molecular formula is C15H23NO4. The lowest BCUT2D eigenvalue weighted by atomic mass is 9.88. The van der Waals surface area contributed by atoms with Crippen molar-refractivity contribution in [2.45, 2.75) is 45.3 Å². The lowest BCUT2D eigenvalue weighted by Crippen LogP contribution is -2.24. The summed E-state index contributed by atoms with van der Waals surface area (Å²) in [6, 6.07) is 4.71. The molecule has 5 nitrogen and oxygen atoms in total. The van der Waals surface area contributed by atoms with E-state index in [2.05, 4.69) is 0 Å². The second kappa shape index (κ2) is 6.72. The third kappa shape index (κ3) is 4.21. The Kier molecular flexibility index (Phi) is 5.53. The Balaban J connectivity index is 2.71. The summed E-state index contributed by atoms with van der Waals surface area (Å²) in [5.74, 6) is -0.611. The van der Waals surface area contributed by atoms with Crippen molar-refractivity contribution in [3.8, 4) is 5.75 Å². The fourth-order valence-corrected chi connectivity index (χ4v) is 2.16. The van der Waals surface area contributed by atoms with Crippen LogP contribution in [0.1, 0.15) is 44.2 Å². The summed E-state index contributed by atoms with van der Waals surface area (Å²) in [4.78, 5) is 10.9. The summed E-state index contributed by atoms with van der Waals surface area (Å²) in [6.45, 7) is 3.21. The molecule has 0 radical (unpaired) electrons. The number of amides is 1. The summed E-state index contributed by atoms with van der Waals surface area (Å²) in [5.41, 5.74) is 5.01. The first-order valence-corrected chi connectivity index (χ1v) is 6.73. The zero-order chi connectivity index (χ0) is 15.3. The molecule has 112 valence electrons. The smallest absolute Gasteiger partial charge is 0.220 e. The van der Waals surface area contributed by atoms with Gasteiger partial charge in [0.1, 0.15) is 5.75 Å². The Morgan fingerprint density at radius 2 is 2.10 bits per heavy atom. The molecule has 1 aromatic rings. The van der Waals surface area contributed by atoms with Crippen molar-refractivity contribution in [3.05, 3.63) is 29.3 Å². The summed E-state index contributed by atoms with van der Waals surface area (Å²) in [6.07, 6.45) is 1.63. The summed E-state index contributed by atoms with van der Waals surface area (Å²) in [7, 11) is 0. The largest absolute Gasteiger partial charge is 0.508 e. The number of primary amides is 1. The first kappa shape index (κ1) is 16.5. The fraction of sp³-hybridized carbons (Fsp3) is 0.533. The number of aromatic hydroxyl groups is 1. The minimum atomic E-state index is -1.19. The maximum absolute atomic E-state index is 10.9. The van der Waals surface area contributed by atoms with Gasteiger partial charge in [-0.1, -0.05) is 19.1 Å². The highest BCUT2D eigenvalue weighted by Crippen LogP contribution is 2.34. The molecule has 0 unspecified atom stereocenters. The molecule has 0 spiro atoms. The van der Waals surface area contributed by atoms with Crippen molar-refractivity contribution in [2.75, 3.05) is 0 Å². The Morgan fingerprint density at radius 3 is 2.60 bits per heavy atom. The number of hydrogen-bond acceptors (Lipinski definition) is 4. The molecule has 5 heteroatoms. The Bertz CT molecular complexity index is 471. The minimum Gasteiger partial charge on any atom is -0.508 e. The van der Waals surface area contributed by atoms with Crippen LogP contribution in [0, 0.1) is 5.92 Å². The third-order valence-corrected chi connectivity index (χ3v) is 3.61. The first-order valence-electron chi connectivity index (χ1n) is 6.73. The summed E-state index contributed by atoms with van der Waals surface area (Å²) >= 11 is 0. The quantitative estimate of drug-likeness (QED) is 0.606. The normalized spacial score (nSPS) is 15.6. The zero-order valence-corrected chi connectivity index (χ0v) is 12.0. The molecule has 5 N–H and O–H groups in total. The van der Waals surface area contributed by atoms with E-state index in [0.29, 0.717) is 30.4 Å². The number of phenols is 1. The highest BCUT2D eigenvalue weighted by atomic mass is 16.3. The first-order chi connectivity index (χ1) is 9.27. The van der Waals surface area contributed by atoms with Gasteiger partial charge in [0, 0.05) is 11.5 Å². The second-order valence-corrected chi connectivity index (χ2v) is 5.48. The minimum absolute atomic E-state index is 0.0375. The number of rotatable bonds is 7. The highest BCUT2D eigenvalue weighted by molar-refractivity contribution is 5.76. The number of aliphatic hydroxyl groups is 2. The van der Waals surface area contributed by atoms with E-state index in [1.165, 1.54) is 6.07 Å². The number of carbonyl (C=O) groups excluding carboxylic acids is 1. The molecule has 1 rings (SSSR count). The summed E-state index contributed by atoms with van der Waals surface area (Å²) < 4.78 is 0. The van der Waals surface area contributed by atoms with Crippen LogP contribution >= 0.6 is 0 Å². The van der Waals surface area contributed by atoms with Gasteiger partial charge in [-0.05, 0) is 37.8 Å². The number of phenolic OH excluding ortho intramolecular Hbond substituents is 1. The van der Waals surface area contributed by atoms with Gasteiger partial charge in [0.05, 0.1) is 12.2 Å². The van der Waals surface area contributed by atoms with Crippen LogP contribution in [0.4, 0.5) is 0 Å². The van der Waals surface area contributed by atoms with E-state index < -0.39 is 5.60 Å². The van der Waals surface area contributed by atoms with Crippen LogP contribution in [-0.4, -0.2) is 21.2 Å². The predicted molar refractivity (Wildman–Crippen MR) is 75.8 cm³/mol. The van der Waals surface area contributed by atoms with Gasteiger partial charge in [0.25, 0.3) is 0 Å². The van der Waals surface area contributed by atoms with E-state index in [9.17, 15) is 15.0 Å². The SMILES string of the molecule is C[C@H](CCC[C@@](C)(O)c1ccc(CO)cc1O)C(N)=O. The molecule has 2 atom stereocenters. The predicted octanol–water partition coefficient (Wildman–Crippen LogP) is 1.38. The molecule has 20 heavy (non-hydrogen) atoms. The van der Waals surface area contributed by atoms with Crippen LogP contribution in [0.5, 0.6) is 5.75 Å². The van der Waals surface area contributed by atoms with Crippen LogP contribution < -0.4 is 5.73 Å². The van der Waals surface area contributed by atoms with E-state index in [0.717, 1.165) is 0 Å². The topological polar surface area (TPSA) is 104 Å². The number of aliphatic hydroxyl groups excluding tert-OH is 1. The van der Waals surface area contributed by atoms with Gasteiger partial charge < -0.3 is 21.1 Å². The van der Waals surface area contributed by atoms with Crippen LogP contribution in [0.25, 0.3) is 0 Å². The molecule has 0 fully saturated rings. The van der Waals surface area contributed by atoms with Gasteiger partial charge in [-0.2, -0.15) is 0 Å². The average Bonchev–Trinajstić information content (AvgIpc) is 2.37. The number of carbonyl (C=O) groups is 1. The van der Waals surface area contributed by atoms with Crippen molar-refractivity contribution in [1.82, 2.24) is 0 Å². The van der Waals surface area contributed by atoms with Crippen molar-refractivity contribution >= 4 is 5.91 Å². The molecule has 0 aliphatic rings. The maximum Gasteiger partial charge on any atom is 0.220 e. The highest BCUT2D eigenvalue weighted by Gasteiger charge is 2.26. The molecule has 1 amide bonds. The Labute approximate surface area is 119 Å². The molecular weight excluding hydrogens is 258 g/mol. The van der Waals surface area contributed by atoms with Crippen molar-refractivity contribution < 1.29 is 20.1 Å². The standard InChI is InChI=1S/C15H23NO4/c1-10(14(16)19)4-3-7-15(2,20)12-6-5-11(9-17)8-13(12)18/h5-6,8,10,17-18,20H,3-4,7,9H2,1-2H3,(H2,16,19)/t10-,15-/m1/s1.